The zero-order valence-corrected chi connectivity index (χ0v) is 13.2. The van der Waals surface area contributed by atoms with Crippen LogP contribution in [0.1, 0.15) is 51.4 Å². The highest BCUT2D eigenvalue weighted by Gasteiger charge is 2.27. The molecule has 20 heavy (non-hydrogen) atoms. The SMILES string of the molecule is CCc1cc(CC)n(CCCCC(C)(NC)C(N)=O)n1. The summed E-state index contributed by atoms with van der Waals surface area (Å²) in [6, 6.07) is 2.18. The number of nitrogens with two attached hydrogens (primary N) is 1. The number of unbranched alkanes of at least 4 members (excludes halogenated alkanes) is 1. The molecule has 0 aromatic carbocycles. The van der Waals surface area contributed by atoms with Crippen LogP contribution < -0.4 is 11.1 Å². The molecular formula is C15H28N4O. The van der Waals surface area contributed by atoms with E-state index in [1.54, 1.807) is 7.05 Å². The summed E-state index contributed by atoms with van der Waals surface area (Å²) in [5.41, 5.74) is 7.26. The first-order chi connectivity index (χ1) is 9.46. The molecule has 114 valence electrons. The van der Waals surface area contributed by atoms with Crippen molar-refractivity contribution in [1.82, 2.24) is 15.1 Å². The Hall–Kier alpha value is -1.36. The number of aromatic nitrogens is 2. The molecular weight excluding hydrogens is 252 g/mol. The van der Waals surface area contributed by atoms with Gasteiger partial charge in [-0.15, -0.1) is 0 Å². The summed E-state index contributed by atoms with van der Waals surface area (Å²) >= 11 is 0. The Morgan fingerprint density at radius 2 is 2.10 bits per heavy atom. The molecule has 0 aliphatic heterocycles. The standard InChI is InChI=1S/C15H28N4O/c1-5-12-11-13(6-2)19(18-12)10-8-7-9-15(3,17-4)14(16)20/h11,17H,5-10H2,1-4H3,(H2,16,20). The smallest absolute Gasteiger partial charge is 0.237 e. The summed E-state index contributed by atoms with van der Waals surface area (Å²) < 4.78 is 2.10. The van der Waals surface area contributed by atoms with Crippen LogP contribution >= 0.6 is 0 Å². The molecule has 1 heterocycles. The van der Waals surface area contributed by atoms with Gasteiger partial charge < -0.3 is 11.1 Å². The Kier molecular flexibility index (Phi) is 6.20. The summed E-state index contributed by atoms with van der Waals surface area (Å²) in [5, 5.41) is 7.61. The van der Waals surface area contributed by atoms with Crippen LogP contribution in [0.5, 0.6) is 0 Å². The van der Waals surface area contributed by atoms with E-state index in [2.05, 4.69) is 35.0 Å². The predicted octanol–water partition coefficient (Wildman–Crippen LogP) is 1.64. The number of aryl methyl sites for hydroxylation is 3. The van der Waals surface area contributed by atoms with Crippen molar-refractivity contribution in [3.8, 4) is 0 Å². The number of rotatable bonds is 9. The fourth-order valence-electron chi connectivity index (χ4n) is 2.28. The van der Waals surface area contributed by atoms with Crippen LogP contribution in [0.3, 0.4) is 0 Å². The largest absolute Gasteiger partial charge is 0.368 e. The van der Waals surface area contributed by atoms with Crippen molar-refractivity contribution in [2.75, 3.05) is 7.05 Å². The Bertz CT molecular complexity index is 441. The third-order valence-corrected chi connectivity index (χ3v) is 4.03. The molecule has 1 rings (SSSR count). The molecule has 0 spiro atoms. The molecule has 1 amide bonds. The summed E-state index contributed by atoms with van der Waals surface area (Å²) in [6.07, 6.45) is 4.68. The van der Waals surface area contributed by atoms with Crippen molar-refractivity contribution >= 4 is 5.91 Å². The van der Waals surface area contributed by atoms with Crippen molar-refractivity contribution in [2.45, 2.75) is 65.0 Å². The minimum absolute atomic E-state index is 0.290. The molecule has 0 bridgehead atoms. The first-order valence-electron chi connectivity index (χ1n) is 7.51. The lowest BCUT2D eigenvalue weighted by Crippen LogP contribution is -2.51. The van der Waals surface area contributed by atoms with Crippen LogP contribution in [0.15, 0.2) is 6.07 Å². The third kappa shape index (κ3) is 4.07. The Balaban J connectivity index is 2.48. The van der Waals surface area contributed by atoms with Crippen molar-refractivity contribution in [3.05, 3.63) is 17.5 Å². The van der Waals surface area contributed by atoms with Gasteiger partial charge in [0.15, 0.2) is 0 Å². The predicted molar refractivity (Wildman–Crippen MR) is 81.5 cm³/mol. The lowest BCUT2D eigenvalue weighted by molar-refractivity contribution is -0.123. The van der Waals surface area contributed by atoms with Crippen LogP contribution in [0.2, 0.25) is 0 Å². The monoisotopic (exact) mass is 280 g/mol. The number of nitrogens with one attached hydrogen (secondary N) is 1. The van der Waals surface area contributed by atoms with E-state index in [1.165, 1.54) is 5.69 Å². The van der Waals surface area contributed by atoms with Crippen molar-refractivity contribution < 1.29 is 4.79 Å². The number of amides is 1. The lowest BCUT2D eigenvalue weighted by Gasteiger charge is -2.25. The normalized spacial score (nSPS) is 14.2. The van der Waals surface area contributed by atoms with Gasteiger partial charge >= 0.3 is 0 Å². The van der Waals surface area contributed by atoms with Gasteiger partial charge in [0.25, 0.3) is 0 Å². The maximum absolute atomic E-state index is 11.4. The third-order valence-electron chi connectivity index (χ3n) is 4.03. The highest BCUT2D eigenvalue weighted by atomic mass is 16.1. The number of primary amides is 1. The van der Waals surface area contributed by atoms with Crippen LogP contribution in [-0.4, -0.2) is 28.3 Å². The van der Waals surface area contributed by atoms with Gasteiger partial charge in [-0.3, -0.25) is 9.48 Å². The summed E-state index contributed by atoms with van der Waals surface area (Å²) in [5.74, 6) is -0.290. The van der Waals surface area contributed by atoms with Crippen molar-refractivity contribution in [3.63, 3.8) is 0 Å². The van der Waals surface area contributed by atoms with E-state index in [4.69, 9.17) is 5.73 Å². The number of carbonyl (C=O) groups is 1. The van der Waals surface area contributed by atoms with Gasteiger partial charge in [0.2, 0.25) is 5.91 Å². The van der Waals surface area contributed by atoms with E-state index in [-0.39, 0.29) is 5.91 Å². The molecule has 1 aromatic rings. The summed E-state index contributed by atoms with van der Waals surface area (Å²) in [7, 11) is 1.78. The fourth-order valence-corrected chi connectivity index (χ4v) is 2.28. The highest BCUT2D eigenvalue weighted by Crippen LogP contribution is 2.14. The van der Waals surface area contributed by atoms with Gasteiger partial charge in [-0.25, -0.2) is 0 Å². The van der Waals surface area contributed by atoms with Gasteiger partial charge in [0, 0.05) is 12.2 Å². The number of hydrogen-bond acceptors (Lipinski definition) is 3. The Morgan fingerprint density at radius 3 is 2.60 bits per heavy atom. The maximum atomic E-state index is 11.4. The average Bonchev–Trinajstić information content (AvgIpc) is 2.85. The second kappa shape index (κ2) is 7.43. The molecule has 1 aromatic heterocycles. The number of carbonyl (C=O) groups excluding carboxylic acids is 1. The second-order valence-corrected chi connectivity index (χ2v) is 5.46. The Labute approximate surface area is 121 Å². The molecule has 1 atom stereocenters. The lowest BCUT2D eigenvalue weighted by atomic mass is 9.94. The van der Waals surface area contributed by atoms with E-state index < -0.39 is 5.54 Å². The zero-order valence-electron chi connectivity index (χ0n) is 13.2. The molecule has 3 N–H and O–H groups in total. The molecule has 0 saturated heterocycles. The molecule has 0 radical (unpaired) electrons. The van der Waals surface area contributed by atoms with Gasteiger partial charge in [-0.1, -0.05) is 13.8 Å². The maximum Gasteiger partial charge on any atom is 0.237 e. The quantitative estimate of drug-likeness (QED) is 0.675. The Morgan fingerprint density at radius 1 is 1.40 bits per heavy atom. The van der Waals surface area contributed by atoms with E-state index >= 15 is 0 Å². The van der Waals surface area contributed by atoms with Crippen molar-refractivity contribution in [1.29, 1.82) is 0 Å². The molecule has 0 aliphatic rings. The van der Waals surface area contributed by atoms with E-state index in [1.807, 2.05) is 6.92 Å². The van der Waals surface area contributed by atoms with Crippen LogP contribution in [-0.2, 0) is 24.2 Å². The first-order valence-corrected chi connectivity index (χ1v) is 7.51. The van der Waals surface area contributed by atoms with Crippen LogP contribution in [0.4, 0.5) is 0 Å². The number of hydrogen-bond donors (Lipinski definition) is 2. The van der Waals surface area contributed by atoms with E-state index in [0.717, 1.165) is 44.3 Å². The van der Waals surface area contributed by atoms with Crippen LogP contribution in [0, 0.1) is 0 Å². The molecule has 1 unspecified atom stereocenters. The second-order valence-electron chi connectivity index (χ2n) is 5.46. The number of nitrogens with zero attached hydrogens (tertiary/aromatic N) is 2. The molecule has 5 nitrogen and oxygen atoms in total. The molecule has 0 aliphatic carbocycles. The zero-order chi connectivity index (χ0) is 15.2. The van der Waals surface area contributed by atoms with E-state index in [0.29, 0.717) is 0 Å². The minimum atomic E-state index is -0.605. The molecule has 0 fully saturated rings. The van der Waals surface area contributed by atoms with Gasteiger partial charge in [0.05, 0.1) is 11.2 Å². The van der Waals surface area contributed by atoms with E-state index in [9.17, 15) is 4.79 Å². The summed E-state index contributed by atoms with van der Waals surface area (Å²) in [4.78, 5) is 11.4. The number of likely N-dealkylation sites (N-methyl/N-ethyl adjacent to an activating group) is 1. The molecule has 5 heteroatoms. The highest BCUT2D eigenvalue weighted by molar-refractivity contribution is 5.84. The van der Waals surface area contributed by atoms with Gasteiger partial charge in [-0.05, 0) is 52.1 Å². The topological polar surface area (TPSA) is 72.9 Å². The average molecular weight is 280 g/mol. The molecule has 0 saturated carbocycles. The van der Waals surface area contributed by atoms with Crippen molar-refractivity contribution in [2.24, 2.45) is 5.73 Å². The first kappa shape index (κ1) is 16.7. The van der Waals surface area contributed by atoms with Crippen LogP contribution in [0.25, 0.3) is 0 Å². The van der Waals surface area contributed by atoms with Gasteiger partial charge in [0.1, 0.15) is 0 Å². The summed E-state index contributed by atoms with van der Waals surface area (Å²) in [6.45, 7) is 7.03. The fraction of sp³-hybridized carbons (Fsp3) is 0.733. The minimum Gasteiger partial charge on any atom is -0.368 e. The van der Waals surface area contributed by atoms with Gasteiger partial charge in [-0.2, -0.15) is 5.10 Å².